The number of nitrogens with zero attached hydrogens (tertiary/aromatic N) is 3. The zero-order valence-corrected chi connectivity index (χ0v) is 14.2. The van der Waals surface area contributed by atoms with Crippen molar-refractivity contribution in [3.63, 3.8) is 0 Å². The number of aromatic nitrogens is 3. The molecule has 0 saturated carbocycles. The SMILES string of the molecule is Cn1c(=O)c(=O)n(CC(=O)NCc2ccccc2Cl)c2cccnc21. The van der Waals surface area contributed by atoms with Crippen LogP contribution >= 0.6 is 11.6 Å². The quantitative estimate of drug-likeness (QED) is 0.707. The van der Waals surface area contributed by atoms with Gasteiger partial charge < -0.3 is 5.32 Å². The minimum absolute atomic E-state index is 0.230. The average molecular weight is 359 g/mol. The molecule has 8 heteroatoms. The first-order valence-electron chi connectivity index (χ1n) is 7.53. The minimum atomic E-state index is -0.768. The Morgan fingerprint density at radius 1 is 1.16 bits per heavy atom. The molecule has 2 aromatic heterocycles. The Hall–Kier alpha value is -2.93. The largest absolute Gasteiger partial charge is 0.350 e. The van der Waals surface area contributed by atoms with E-state index >= 15 is 0 Å². The Kier molecular flexibility index (Phi) is 4.67. The summed E-state index contributed by atoms with van der Waals surface area (Å²) in [7, 11) is 1.47. The highest BCUT2D eigenvalue weighted by atomic mass is 35.5. The fraction of sp³-hybridized carbons (Fsp3) is 0.176. The van der Waals surface area contributed by atoms with Crippen LogP contribution in [-0.2, 0) is 24.9 Å². The molecule has 7 nitrogen and oxygen atoms in total. The predicted molar refractivity (Wildman–Crippen MR) is 94.5 cm³/mol. The van der Waals surface area contributed by atoms with Crippen molar-refractivity contribution in [3.05, 3.63) is 73.9 Å². The highest BCUT2D eigenvalue weighted by Gasteiger charge is 2.14. The van der Waals surface area contributed by atoms with Crippen molar-refractivity contribution < 1.29 is 4.79 Å². The number of rotatable bonds is 4. The van der Waals surface area contributed by atoms with Crippen molar-refractivity contribution in [2.75, 3.05) is 0 Å². The third-order valence-corrected chi connectivity index (χ3v) is 4.21. The van der Waals surface area contributed by atoms with E-state index in [9.17, 15) is 14.4 Å². The summed E-state index contributed by atoms with van der Waals surface area (Å²) in [6.07, 6.45) is 1.52. The van der Waals surface area contributed by atoms with E-state index in [0.717, 1.165) is 10.1 Å². The molecule has 0 radical (unpaired) electrons. The molecule has 0 fully saturated rings. The number of hydrogen-bond donors (Lipinski definition) is 1. The van der Waals surface area contributed by atoms with Gasteiger partial charge in [0.25, 0.3) is 0 Å². The second-order valence-corrected chi connectivity index (χ2v) is 5.88. The molecule has 0 unspecified atom stereocenters. The summed E-state index contributed by atoms with van der Waals surface area (Å²) >= 11 is 6.05. The maximum atomic E-state index is 12.3. The summed E-state index contributed by atoms with van der Waals surface area (Å²) in [6, 6.07) is 10.4. The number of pyridine rings is 1. The molecule has 0 aliphatic rings. The van der Waals surface area contributed by atoms with Gasteiger partial charge in [-0.05, 0) is 23.8 Å². The van der Waals surface area contributed by atoms with Crippen LogP contribution in [0.4, 0.5) is 0 Å². The molecule has 3 aromatic rings. The number of nitrogens with one attached hydrogen (secondary N) is 1. The van der Waals surface area contributed by atoms with Crippen LogP contribution in [-0.4, -0.2) is 20.0 Å². The summed E-state index contributed by atoms with van der Waals surface area (Å²) in [6.45, 7) is -0.0458. The number of aryl methyl sites for hydroxylation is 1. The predicted octanol–water partition coefficient (Wildman–Crippen LogP) is 1.07. The van der Waals surface area contributed by atoms with E-state index in [0.29, 0.717) is 16.2 Å². The number of fused-ring (bicyclic) bond motifs is 1. The van der Waals surface area contributed by atoms with E-state index in [1.807, 2.05) is 6.07 Å². The van der Waals surface area contributed by atoms with Gasteiger partial charge in [-0.25, -0.2) is 4.98 Å². The van der Waals surface area contributed by atoms with Gasteiger partial charge >= 0.3 is 11.1 Å². The van der Waals surface area contributed by atoms with E-state index < -0.39 is 17.0 Å². The van der Waals surface area contributed by atoms with Crippen molar-refractivity contribution in [1.29, 1.82) is 0 Å². The molecule has 0 atom stereocenters. The van der Waals surface area contributed by atoms with Crippen LogP contribution in [0.5, 0.6) is 0 Å². The standard InChI is InChI=1S/C17H15ClN4O3/c1-21-15-13(7-4-8-19-15)22(17(25)16(21)24)10-14(23)20-9-11-5-2-3-6-12(11)18/h2-8H,9-10H2,1H3,(H,20,23). The first kappa shape index (κ1) is 16.9. The number of benzene rings is 1. The normalized spacial score (nSPS) is 10.8. The Morgan fingerprint density at radius 3 is 2.68 bits per heavy atom. The third kappa shape index (κ3) is 3.32. The Labute approximate surface area is 147 Å². The molecule has 0 aliphatic carbocycles. The van der Waals surface area contributed by atoms with Gasteiger partial charge in [0.1, 0.15) is 6.54 Å². The monoisotopic (exact) mass is 358 g/mol. The third-order valence-electron chi connectivity index (χ3n) is 3.84. The zero-order chi connectivity index (χ0) is 18.0. The van der Waals surface area contributed by atoms with Crippen molar-refractivity contribution in [2.45, 2.75) is 13.1 Å². The van der Waals surface area contributed by atoms with Crippen LogP contribution < -0.4 is 16.4 Å². The fourth-order valence-electron chi connectivity index (χ4n) is 2.51. The van der Waals surface area contributed by atoms with E-state index in [4.69, 9.17) is 11.6 Å². The molecule has 128 valence electrons. The lowest BCUT2D eigenvalue weighted by atomic mass is 10.2. The summed E-state index contributed by atoms with van der Waals surface area (Å²) in [5.74, 6) is -0.402. The number of halogens is 1. The first-order valence-corrected chi connectivity index (χ1v) is 7.91. The molecule has 3 rings (SSSR count). The first-order chi connectivity index (χ1) is 12.0. The van der Waals surface area contributed by atoms with Gasteiger partial charge in [-0.2, -0.15) is 0 Å². The van der Waals surface area contributed by atoms with Crippen LogP contribution in [0.25, 0.3) is 11.2 Å². The maximum Gasteiger partial charge on any atom is 0.317 e. The average Bonchev–Trinajstić information content (AvgIpc) is 2.63. The lowest BCUT2D eigenvalue weighted by Crippen LogP contribution is -2.43. The van der Waals surface area contributed by atoms with Gasteiger partial charge in [0.15, 0.2) is 5.65 Å². The van der Waals surface area contributed by atoms with Gasteiger partial charge in [0.05, 0.1) is 5.52 Å². The zero-order valence-electron chi connectivity index (χ0n) is 13.4. The number of hydrogen-bond acceptors (Lipinski definition) is 4. The molecule has 0 saturated heterocycles. The number of amides is 1. The lowest BCUT2D eigenvalue weighted by Gasteiger charge is -2.12. The summed E-state index contributed by atoms with van der Waals surface area (Å²) < 4.78 is 2.31. The topological polar surface area (TPSA) is 86.0 Å². The van der Waals surface area contributed by atoms with Crippen LogP contribution in [0, 0.1) is 0 Å². The van der Waals surface area contributed by atoms with Crippen molar-refractivity contribution in [2.24, 2.45) is 7.05 Å². The molecule has 1 amide bonds. The molecule has 0 bridgehead atoms. The molecule has 1 N–H and O–H groups in total. The van der Waals surface area contributed by atoms with Gasteiger partial charge in [-0.3, -0.25) is 23.5 Å². The van der Waals surface area contributed by atoms with Gasteiger partial charge in [0.2, 0.25) is 5.91 Å². The van der Waals surface area contributed by atoms with Crippen LogP contribution in [0.2, 0.25) is 5.02 Å². The van der Waals surface area contributed by atoms with E-state index in [1.165, 1.54) is 17.8 Å². The van der Waals surface area contributed by atoms with Crippen LogP contribution in [0.3, 0.4) is 0 Å². The van der Waals surface area contributed by atoms with Crippen LogP contribution in [0.1, 0.15) is 5.56 Å². The molecule has 0 spiro atoms. The highest BCUT2D eigenvalue weighted by molar-refractivity contribution is 6.31. The smallest absolute Gasteiger partial charge is 0.317 e. The maximum absolute atomic E-state index is 12.3. The van der Waals surface area contributed by atoms with Crippen molar-refractivity contribution in [1.82, 2.24) is 19.4 Å². The molecular formula is C17H15ClN4O3. The fourth-order valence-corrected chi connectivity index (χ4v) is 2.72. The summed E-state index contributed by atoms with van der Waals surface area (Å²) in [4.78, 5) is 40.7. The van der Waals surface area contributed by atoms with Gasteiger partial charge in [-0.1, -0.05) is 29.8 Å². The summed E-state index contributed by atoms with van der Waals surface area (Å²) in [5, 5.41) is 3.25. The second kappa shape index (κ2) is 6.90. The van der Waals surface area contributed by atoms with E-state index in [1.54, 1.807) is 30.3 Å². The minimum Gasteiger partial charge on any atom is -0.350 e. The van der Waals surface area contributed by atoms with E-state index in [-0.39, 0.29) is 13.1 Å². The molecule has 25 heavy (non-hydrogen) atoms. The van der Waals surface area contributed by atoms with Crippen molar-refractivity contribution in [3.8, 4) is 0 Å². The lowest BCUT2D eigenvalue weighted by molar-refractivity contribution is -0.121. The highest BCUT2D eigenvalue weighted by Crippen LogP contribution is 2.14. The van der Waals surface area contributed by atoms with E-state index in [2.05, 4.69) is 10.3 Å². The van der Waals surface area contributed by atoms with Crippen LogP contribution in [0.15, 0.2) is 52.2 Å². The molecule has 2 heterocycles. The van der Waals surface area contributed by atoms with Gasteiger partial charge in [0, 0.05) is 24.8 Å². The second-order valence-electron chi connectivity index (χ2n) is 5.47. The number of carbonyl (C=O) groups is 1. The number of carbonyl (C=O) groups excluding carboxylic acids is 1. The Bertz CT molecular complexity index is 1070. The molecule has 0 aliphatic heterocycles. The van der Waals surface area contributed by atoms with Gasteiger partial charge in [-0.15, -0.1) is 0 Å². The summed E-state index contributed by atoms with van der Waals surface area (Å²) in [5.41, 5.74) is 0.0230. The Balaban J connectivity index is 1.88. The Morgan fingerprint density at radius 2 is 1.92 bits per heavy atom. The molecule has 1 aromatic carbocycles. The van der Waals surface area contributed by atoms with Crippen molar-refractivity contribution >= 4 is 28.7 Å². The molecular weight excluding hydrogens is 344 g/mol.